The number of unbranched alkanes of at least 4 members (excludes halogenated alkanes) is 1. The summed E-state index contributed by atoms with van der Waals surface area (Å²) in [5.74, 6) is 0.210. The van der Waals surface area contributed by atoms with Crippen molar-refractivity contribution in [2.24, 2.45) is 0 Å². The van der Waals surface area contributed by atoms with Gasteiger partial charge in [-0.1, -0.05) is 44.5 Å². The van der Waals surface area contributed by atoms with Crippen LogP contribution in [0.2, 0.25) is 0 Å². The lowest BCUT2D eigenvalue weighted by atomic mass is 9.80. The Balaban J connectivity index is 1.79. The van der Waals surface area contributed by atoms with Gasteiger partial charge in [0, 0.05) is 37.4 Å². The molecule has 168 valence electrons. The lowest BCUT2D eigenvalue weighted by Crippen LogP contribution is -2.52. The lowest BCUT2D eigenvalue weighted by Gasteiger charge is -2.38. The molecule has 1 fully saturated rings. The Kier molecular flexibility index (Phi) is 8.28. The number of hydrogen-bond acceptors (Lipinski definition) is 4. The Labute approximate surface area is 188 Å². The summed E-state index contributed by atoms with van der Waals surface area (Å²) >= 11 is 0. The zero-order valence-corrected chi connectivity index (χ0v) is 19.8. The predicted molar refractivity (Wildman–Crippen MR) is 131 cm³/mol. The first-order chi connectivity index (χ1) is 15.0. The zero-order chi connectivity index (χ0) is 22.3. The van der Waals surface area contributed by atoms with Gasteiger partial charge in [-0.15, -0.1) is 0 Å². The molecule has 2 aromatic carbocycles. The molecule has 0 aromatic heterocycles. The third-order valence-corrected chi connectivity index (χ3v) is 6.81. The third-order valence-electron chi connectivity index (χ3n) is 6.81. The van der Waals surface area contributed by atoms with Gasteiger partial charge in [0.05, 0.1) is 5.54 Å². The van der Waals surface area contributed by atoms with Crippen LogP contribution in [0.1, 0.15) is 54.6 Å². The second-order valence-corrected chi connectivity index (χ2v) is 8.99. The van der Waals surface area contributed by atoms with Gasteiger partial charge in [-0.2, -0.15) is 0 Å². The molecule has 1 unspecified atom stereocenters. The molecule has 1 aliphatic heterocycles. The Morgan fingerprint density at radius 3 is 2.13 bits per heavy atom. The normalized spacial score (nSPS) is 16.4. The minimum absolute atomic E-state index is 0.210. The van der Waals surface area contributed by atoms with E-state index in [0.29, 0.717) is 0 Å². The summed E-state index contributed by atoms with van der Waals surface area (Å²) in [5.41, 5.74) is 4.07. The Hall–Kier alpha value is -2.17. The first-order valence-corrected chi connectivity index (χ1v) is 11.9. The number of benzene rings is 2. The first kappa shape index (κ1) is 23.5. The van der Waals surface area contributed by atoms with Crippen molar-refractivity contribution in [1.82, 2.24) is 10.2 Å². The van der Waals surface area contributed by atoms with Gasteiger partial charge < -0.3 is 10.2 Å². The number of Topliss-reactive ketones (excluding diaryl/α,β-unsaturated/α-hetero) is 1. The summed E-state index contributed by atoms with van der Waals surface area (Å²) in [6.07, 6.45) is 5.06. The largest absolute Gasteiger partial charge is 0.369 e. The van der Waals surface area contributed by atoms with Gasteiger partial charge in [0.1, 0.15) is 0 Å². The molecule has 2 aromatic rings. The third kappa shape index (κ3) is 5.55. The molecule has 0 amide bonds. The van der Waals surface area contributed by atoms with Gasteiger partial charge in [-0.25, -0.2) is 0 Å². The molecule has 1 saturated heterocycles. The fourth-order valence-corrected chi connectivity index (χ4v) is 4.60. The van der Waals surface area contributed by atoms with Crippen molar-refractivity contribution in [2.75, 3.05) is 45.2 Å². The quantitative estimate of drug-likeness (QED) is 0.570. The highest BCUT2D eigenvalue weighted by Gasteiger charge is 2.39. The second-order valence-electron chi connectivity index (χ2n) is 8.99. The molecule has 4 nitrogen and oxygen atoms in total. The van der Waals surface area contributed by atoms with E-state index in [1.807, 2.05) is 26.2 Å². The van der Waals surface area contributed by atoms with Crippen LogP contribution in [0.25, 0.3) is 0 Å². The molecule has 1 atom stereocenters. The highest BCUT2D eigenvalue weighted by Crippen LogP contribution is 2.29. The van der Waals surface area contributed by atoms with E-state index in [1.54, 1.807) is 0 Å². The monoisotopic (exact) mass is 421 g/mol. The highest BCUT2D eigenvalue weighted by atomic mass is 16.1. The predicted octanol–water partition coefficient (Wildman–Crippen LogP) is 4.57. The summed E-state index contributed by atoms with van der Waals surface area (Å²) < 4.78 is 0. The van der Waals surface area contributed by atoms with Crippen LogP contribution in [0.3, 0.4) is 0 Å². The molecule has 31 heavy (non-hydrogen) atoms. The SMILES string of the molecule is CCCCc1ccc(CC(CC)(C(=O)c2ccc(N3CCNCC3)cc2)N(C)C)cc1. The van der Waals surface area contributed by atoms with Crippen molar-refractivity contribution in [3.8, 4) is 0 Å². The van der Waals surface area contributed by atoms with Crippen LogP contribution in [-0.4, -0.2) is 56.5 Å². The Morgan fingerprint density at radius 2 is 1.58 bits per heavy atom. The van der Waals surface area contributed by atoms with Crippen LogP contribution in [0.4, 0.5) is 5.69 Å². The number of nitrogens with one attached hydrogen (secondary N) is 1. The number of anilines is 1. The summed E-state index contributed by atoms with van der Waals surface area (Å²) in [6, 6.07) is 17.1. The number of rotatable bonds is 10. The molecule has 1 heterocycles. The Bertz CT molecular complexity index is 823. The number of piperazine rings is 1. The maximum absolute atomic E-state index is 13.8. The lowest BCUT2D eigenvalue weighted by molar-refractivity contribution is 0.0666. The molecular weight excluding hydrogens is 382 g/mol. The molecule has 1 N–H and O–H groups in total. The van der Waals surface area contributed by atoms with Crippen LogP contribution in [0.5, 0.6) is 0 Å². The summed E-state index contributed by atoms with van der Waals surface area (Å²) in [7, 11) is 4.07. The molecule has 1 aliphatic rings. The molecular formula is C27H39N3O. The first-order valence-electron chi connectivity index (χ1n) is 11.9. The molecule has 0 saturated carbocycles. The van der Waals surface area contributed by atoms with Crippen LogP contribution in [0, 0.1) is 0 Å². The van der Waals surface area contributed by atoms with E-state index in [1.165, 1.54) is 29.7 Å². The number of carbonyl (C=O) groups is 1. The van der Waals surface area contributed by atoms with Gasteiger partial charge in [0.15, 0.2) is 5.78 Å². The molecule has 0 bridgehead atoms. The zero-order valence-electron chi connectivity index (χ0n) is 19.8. The number of carbonyl (C=O) groups excluding carboxylic acids is 1. The van der Waals surface area contributed by atoms with E-state index < -0.39 is 5.54 Å². The van der Waals surface area contributed by atoms with Crippen molar-refractivity contribution in [1.29, 1.82) is 0 Å². The average molecular weight is 422 g/mol. The fourth-order valence-electron chi connectivity index (χ4n) is 4.60. The van der Waals surface area contributed by atoms with Crippen molar-refractivity contribution < 1.29 is 4.79 Å². The van der Waals surface area contributed by atoms with Crippen molar-refractivity contribution >= 4 is 11.5 Å². The van der Waals surface area contributed by atoms with E-state index in [9.17, 15) is 4.79 Å². The topological polar surface area (TPSA) is 35.6 Å². The highest BCUT2D eigenvalue weighted by molar-refractivity contribution is 6.03. The van der Waals surface area contributed by atoms with E-state index in [-0.39, 0.29) is 5.78 Å². The molecule has 0 radical (unpaired) electrons. The van der Waals surface area contributed by atoms with Gasteiger partial charge in [-0.05, 0) is 75.2 Å². The fraction of sp³-hybridized carbons (Fsp3) is 0.519. The standard InChI is InChI=1S/C27H39N3O/c1-5-7-8-22-9-11-23(12-10-22)21-27(6-2,29(3)4)26(31)24-13-15-25(16-14-24)30-19-17-28-18-20-30/h9-16,28H,5-8,17-21H2,1-4H3. The molecule has 0 spiro atoms. The number of hydrogen-bond donors (Lipinski definition) is 1. The van der Waals surface area contributed by atoms with E-state index in [0.717, 1.165) is 51.0 Å². The van der Waals surface area contributed by atoms with Gasteiger partial charge in [0.2, 0.25) is 0 Å². The molecule has 0 aliphatic carbocycles. The van der Waals surface area contributed by atoms with Crippen LogP contribution < -0.4 is 10.2 Å². The van der Waals surface area contributed by atoms with Crippen molar-refractivity contribution in [3.05, 3.63) is 65.2 Å². The van der Waals surface area contributed by atoms with Gasteiger partial charge in [0.25, 0.3) is 0 Å². The maximum atomic E-state index is 13.8. The second kappa shape index (κ2) is 10.9. The summed E-state index contributed by atoms with van der Waals surface area (Å²) in [6.45, 7) is 8.40. The van der Waals surface area contributed by atoms with Crippen molar-refractivity contribution in [2.45, 2.75) is 51.5 Å². The van der Waals surface area contributed by atoms with Crippen LogP contribution >= 0.6 is 0 Å². The number of aryl methyl sites for hydroxylation is 1. The number of ketones is 1. The molecule has 4 heteroatoms. The number of nitrogens with zero attached hydrogens (tertiary/aromatic N) is 2. The summed E-state index contributed by atoms with van der Waals surface area (Å²) in [5, 5.41) is 3.39. The van der Waals surface area contributed by atoms with Crippen LogP contribution in [-0.2, 0) is 12.8 Å². The minimum Gasteiger partial charge on any atom is -0.369 e. The van der Waals surface area contributed by atoms with E-state index >= 15 is 0 Å². The summed E-state index contributed by atoms with van der Waals surface area (Å²) in [4.78, 5) is 18.3. The minimum atomic E-state index is -0.540. The van der Waals surface area contributed by atoms with Crippen molar-refractivity contribution in [3.63, 3.8) is 0 Å². The maximum Gasteiger partial charge on any atom is 0.183 e. The Morgan fingerprint density at radius 1 is 0.968 bits per heavy atom. The van der Waals surface area contributed by atoms with E-state index in [4.69, 9.17) is 0 Å². The average Bonchev–Trinajstić information content (AvgIpc) is 2.82. The van der Waals surface area contributed by atoms with Gasteiger partial charge in [-0.3, -0.25) is 9.69 Å². The molecule has 3 rings (SSSR count). The van der Waals surface area contributed by atoms with Gasteiger partial charge >= 0.3 is 0 Å². The van der Waals surface area contributed by atoms with Crippen LogP contribution in [0.15, 0.2) is 48.5 Å². The van der Waals surface area contributed by atoms with E-state index in [2.05, 4.69) is 65.4 Å². The number of likely N-dealkylation sites (N-methyl/N-ethyl adjacent to an activating group) is 1. The smallest absolute Gasteiger partial charge is 0.183 e.